The molecule has 4 nitrogen and oxygen atoms in total. The van der Waals surface area contributed by atoms with Crippen molar-refractivity contribution in [2.24, 2.45) is 0 Å². The smallest absolute Gasteiger partial charge is 0.337 e. The molecule has 5 heteroatoms. The number of hydrogen-bond acceptors (Lipinski definition) is 4. The second-order valence-electron chi connectivity index (χ2n) is 2.93. The summed E-state index contributed by atoms with van der Waals surface area (Å²) in [6, 6.07) is 5.34. The van der Waals surface area contributed by atoms with E-state index in [2.05, 4.69) is 4.74 Å². The zero-order valence-electron chi connectivity index (χ0n) is 8.05. The summed E-state index contributed by atoms with van der Waals surface area (Å²) >= 11 is 0. The number of rotatable bonds is 3. The Morgan fingerprint density at radius 3 is 2.53 bits per heavy atom. The maximum Gasteiger partial charge on any atom is 0.337 e. The average molecular weight is 214 g/mol. The second-order valence-corrected chi connectivity index (χ2v) is 2.93. The van der Waals surface area contributed by atoms with Gasteiger partial charge in [-0.2, -0.15) is 0 Å². The van der Waals surface area contributed by atoms with Crippen molar-refractivity contribution in [1.82, 2.24) is 0 Å². The molecule has 0 aliphatic carbocycles. The van der Waals surface area contributed by atoms with E-state index in [0.717, 1.165) is 13.2 Å². The molecule has 0 aliphatic rings. The molecule has 1 aromatic carbocycles. The normalized spacial score (nSPS) is 14.4. The van der Waals surface area contributed by atoms with Crippen molar-refractivity contribution in [1.29, 1.82) is 0 Å². The molecular formula is C10H11FO4. The van der Waals surface area contributed by atoms with Crippen molar-refractivity contribution < 1.29 is 24.1 Å². The molecule has 0 spiro atoms. The van der Waals surface area contributed by atoms with Gasteiger partial charge >= 0.3 is 5.97 Å². The molecule has 0 aliphatic heterocycles. The van der Waals surface area contributed by atoms with Crippen LogP contribution in [0.25, 0.3) is 0 Å². The Balaban J connectivity index is 2.89. The van der Waals surface area contributed by atoms with Gasteiger partial charge < -0.3 is 14.9 Å². The molecular weight excluding hydrogens is 203 g/mol. The minimum absolute atomic E-state index is 0.143. The van der Waals surface area contributed by atoms with Crippen molar-refractivity contribution in [3.63, 3.8) is 0 Å². The van der Waals surface area contributed by atoms with E-state index in [1.165, 1.54) is 18.2 Å². The molecule has 0 aromatic heterocycles. The number of benzene rings is 1. The highest BCUT2D eigenvalue weighted by Gasteiger charge is 2.28. The zero-order chi connectivity index (χ0) is 11.4. The first-order valence-corrected chi connectivity index (χ1v) is 4.26. The summed E-state index contributed by atoms with van der Waals surface area (Å²) in [6.45, 7) is 0. The summed E-state index contributed by atoms with van der Waals surface area (Å²) in [5.74, 6) is -1.70. The number of ether oxygens (including phenoxy) is 1. The van der Waals surface area contributed by atoms with Gasteiger partial charge in [0.1, 0.15) is 11.9 Å². The van der Waals surface area contributed by atoms with Crippen LogP contribution in [0.1, 0.15) is 11.7 Å². The third-order valence-corrected chi connectivity index (χ3v) is 1.97. The van der Waals surface area contributed by atoms with E-state index in [-0.39, 0.29) is 5.56 Å². The van der Waals surface area contributed by atoms with Crippen LogP contribution >= 0.6 is 0 Å². The van der Waals surface area contributed by atoms with Crippen LogP contribution in [-0.2, 0) is 9.53 Å². The molecule has 2 atom stereocenters. The van der Waals surface area contributed by atoms with E-state index in [4.69, 9.17) is 0 Å². The van der Waals surface area contributed by atoms with E-state index < -0.39 is 24.0 Å². The number of halogens is 1. The molecule has 0 saturated heterocycles. The molecule has 1 aromatic rings. The summed E-state index contributed by atoms with van der Waals surface area (Å²) in [7, 11) is 1.07. The van der Waals surface area contributed by atoms with Crippen LogP contribution in [0.4, 0.5) is 4.39 Å². The van der Waals surface area contributed by atoms with Crippen molar-refractivity contribution >= 4 is 5.97 Å². The molecule has 0 bridgehead atoms. The van der Waals surface area contributed by atoms with Crippen LogP contribution in [0.5, 0.6) is 0 Å². The van der Waals surface area contributed by atoms with Crippen LogP contribution in [0.2, 0.25) is 0 Å². The summed E-state index contributed by atoms with van der Waals surface area (Å²) in [6.07, 6.45) is -3.41. The van der Waals surface area contributed by atoms with Gasteiger partial charge in [0.15, 0.2) is 6.10 Å². The topological polar surface area (TPSA) is 66.8 Å². The third-order valence-electron chi connectivity index (χ3n) is 1.97. The van der Waals surface area contributed by atoms with Crippen LogP contribution in [0, 0.1) is 5.82 Å². The van der Waals surface area contributed by atoms with Crippen molar-refractivity contribution in [3.05, 3.63) is 35.6 Å². The second kappa shape index (κ2) is 4.86. The molecule has 2 N–H and O–H groups in total. The zero-order valence-corrected chi connectivity index (χ0v) is 8.05. The van der Waals surface area contributed by atoms with Crippen LogP contribution in [0.15, 0.2) is 24.3 Å². The molecule has 15 heavy (non-hydrogen) atoms. The lowest BCUT2D eigenvalue weighted by atomic mass is 10.0. The molecule has 0 unspecified atom stereocenters. The van der Waals surface area contributed by atoms with Gasteiger partial charge in [-0.25, -0.2) is 9.18 Å². The van der Waals surface area contributed by atoms with E-state index in [1.54, 1.807) is 0 Å². The first-order valence-electron chi connectivity index (χ1n) is 4.26. The van der Waals surface area contributed by atoms with Gasteiger partial charge in [0.05, 0.1) is 7.11 Å². The largest absolute Gasteiger partial charge is 0.467 e. The summed E-state index contributed by atoms with van der Waals surface area (Å²) < 4.78 is 17.4. The molecule has 1 rings (SSSR count). The fraction of sp³-hybridized carbons (Fsp3) is 0.300. The van der Waals surface area contributed by atoms with Gasteiger partial charge in [0.25, 0.3) is 0 Å². The van der Waals surface area contributed by atoms with Gasteiger partial charge in [-0.3, -0.25) is 0 Å². The molecule has 0 amide bonds. The molecule has 82 valence electrons. The fourth-order valence-electron chi connectivity index (χ4n) is 1.13. The highest BCUT2D eigenvalue weighted by molar-refractivity contribution is 5.75. The quantitative estimate of drug-likeness (QED) is 0.714. The SMILES string of the molecule is COC(=O)[C@H](O)[C@@H](O)c1ccccc1F. The lowest BCUT2D eigenvalue weighted by Gasteiger charge is -2.16. The number of methoxy groups -OCH3 is 1. The Morgan fingerprint density at radius 2 is 2.00 bits per heavy atom. The Hall–Kier alpha value is -1.46. The summed E-state index contributed by atoms with van der Waals surface area (Å²) in [5, 5.41) is 18.8. The fourth-order valence-corrected chi connectivity index (χ4v) is 1.13. The highest BCUT2D eigenvalue weighted by Crippen LogP contribution is 2.20. The maximum absolute atomic E-state index is 13.1. The number of hydrogen-bond donors (Lipinski definition) is 2. The molecule has 0 radical (unpaired) electrons. The van der Waals surface area contributed by atoms with Gasteiger partial charge in [0, 0.05) is 5.56 Å². The Bertz CT molecular complexity index is 353. The van der Waals surface area contributed by atoms with Gasteiger partial charge in [-0.15, -0.1) is 0 Å². The van der Waals surface area contributed by atoms with Crippen LogP contribution < -0.4 is 0 Å². The predicted octanol–water partition coefficient (Wildman–Crippen LogP) is 0.393. The summed E-state index contributed by atoms with van der Waals surface area (Å²) in [4.78, 5) is 10.9. The lowest BCUT2D eigenvalue weighted by Crippen LogP contribution is -2.29. The monoisotopic (exact) mass is 214 g/mol. The Labute approximate surface area is 85.9 Å². The first kappa shape index (κ1) is 11.6. The molecule has 0 heterocycles. The molecule has 0 saturated carbocycles. The van der Waals surface area contributed by atoms with E-state index in [9.17, 15) is 19.4 Å². The van der Waals surface area contributed by atoms with Gasteiger partial charge in [0.2, 0.25) is 0 Å². The Morgan fingerprint density at radius 1 is 1.40 bits per heavy atom. The standard InChI is InChI=1S/C10H11FO4/c1-15-10(14)9(13)8(12)6-4-2-3-5-7(6)11/h2-5,8-9,12-13H,1H3/t8-,9+/m0/s1. The minimum Gasteiger partial charge on any atom is -0.467 e. The number of esters is 1. The first-order chi connectivity index (χ1) is 7.07. The van der Waals surface area contributed by atoms with E-state index in [1.807, 2.05) is 0 Å². The highest BCUT2D eigenvalue weighted by atomic mass is 19.1. The average Bonchev–Trinajstić information content (AvgIpc) is 2.26. The lowest BCUT2D eigenvalue weighted by molar-refractivity contribution is -0.156. The van der Waals surface area contributed by atoms with Gasteiger partial charge in [-0.1, -0.05) is 18.2 Å². The van der Waals surface area contributed by atoms with Crippen molar-refractivity contribution in [3.8, 4) is 0 Å². The third kappa shape index (κ3) is 2.51. The minimum atomic E-state index is -1.79. The van der Waals surface area contributed by atoms with Crippen molar-refractivity contribution in [2.45, 2.75) is 12.2 Å². The van der Waals surface area contributed by atoms with Crippen LogP contribution in [-0.4, -0.2) is 29.4 Å². The number of carbonyl (C=O) groups is 1. The number of aliphatic hydroxyl groups is 2. The van der Waals surface area contributed by atoms with Gasteiger partial charge in [-0.05, 0) is 6.07 Å². The molecule has 0 fully saturated rings. The Kier molecular flexibility index (Phi) is 3.76. The number of carbonyl (C=O) groups excluding carboxylic acids is 1. The predicted molar refractivity (Wildman–Crippen MR) is 49.4 cm³/mol. The van der Waals surface area contributed by atoms with Crippen LogP contribution in [0.3, 0.4) is 0 Å². The van der Waals surface area contributed by atoms with E-state index in [0.29, 0.717) is 0 Å². The summed E-state index contributed by atoms with van der Waals surface area (Å²) in [5.41, 5.74) is -0.143. The van der Waals surface area contributed by atoms with E-state index >= 15 is 0 Å². The number of aliphatic hydroxyl groups excluding tert-OH is 2. The van der Waals surface area contributed by atoms with Crippen molar-refractivity contribution in [2.75, 3.05) is 7.11 Å². The maximum atomic E-state index is 13.1.